The van der Waals surface area contributed by atoms with Crippen LogP contribution in [-0.2, 0) is 6.61 Å². The first-order valence-electron chi connectivity index (χ1n) is 6.55. The topological polar surface area (TPSA) is 21.3 Å². The lowest BCUT2D eigenvalue weighted by Crippen LogP contribution is -2.12. The van der Waals surface area contributed by atoms with Crippen LogP contribution in [0.15, 0.2) is 40.9 Å². The Kier molecular flexibility index (Phi) is 5.31. The number of ether oxygens (including phenoxy) is 1. The highest BCUT2D eigenvalue weighted by atomic mass is 79.9. The summed E-state index contributed by atoms with van der Waals surface area (Å²) in [6.45, 7) is 2.04. The van der Waals surface area contributed by atoms with Crippen LogP contribution in [0, 0.1) is 11.6 Å². The van der Waals surface area contributed by atoms with Gasteiger partial charge in [-0.2, -0.15) is 0 Å². The average molecular weight is 356 g/mol. The maximum Gasteiger partial charge on any atom is 0.165 e. The first kappa shape index (κ1) is 15.9. The third-order valence-electron chi connectivity index (χ3n) is 3.30. The van der Waals surface area contributed by atoms with Crippen LogP contribution in [0.3, 0.4) is 0 Å². The Morgan fingerprint density at radius 1 is 1.19 bits per heavy atom. The lowest BCUT2D eigenvalue weighted by atomic mass is 10.1. The molecule has 1 atom stereocenters. The molecule has 2 nitrogen and oxygen atoms in total. The van der Waals surface area contributed by atoms with E-state index in [1.54, 1.807) is 24.3 Å². The van der Waals surface area contributed by atoms with E-state index in [2.05, 4.69) is 21.2 Å². The Bertz CT molecular complexity index is 634. The van der Waals surface area contributed by atoms with Crippen LogP contribution in [0.4, 0.5) is 8.78 Å². The molecule has 0 saturated carbocycles. The summed E-state index contributed by atoms with van der Waals surface area (Å²) in [5.41, 5.74) is 1.47. The third kappa shape index (κ3) is 3.80. The van der Waals surface area contributed by atoms with Crippen molar-refractivity contribution in [2.75, 3.05) is 7.05 Å². The molecular formula is C16H16BrF2NO. The summed E-state index contributed by atoms with van der Waals surface area (Å²) in [5.74, 6) is -0.643. The van der Waals surface area contributed by atoms with Crippen molar-refractivity contribution in [3.8, 4) is 5.75 Å². The molecule has 1 unspecified atom stereocenters. The van der Waals surface area contributed by atoms with Gasteiger partial charge in [0.15, 0.2) is 11.6 Å². The van der Waals surface area contributed by atoms with Crippen LogP contribution < -0.4 is 10.1 Å². The van der Waals surface area contributed by atoms with Crippen molar-refractivity contribution in [1.29, 1.82) is 0 Å². The van der Waals surface area contributed by atoms with Crippen molar-refractivity contribution in [1.82, 2.24) is 5.32 Å². The number of rotatable bonds is 5. The van der Waals surface area contributed by atoms with Gasteiger partial charge < -0.3 is 10.1 Å². The van der Waals surface area contributed by atoms with Crippen LogP contribution >= 0.6 is 15.9 Å². The van der Waals surface area contributed by atoms with Crippen LogP contribution in [0.25, 0.3) is 0 Å². The zero-order valence-electron chi connectivity index (χ0n) is 11.8. The Morgan fingerprint density at radius 2 is 1.95 bits per heavy atom. The molecule has 0 heterocycles. The van der Waals surface area contributed by atoms with Crippen molar-refractivity contribution < 1.29 is 13.5 Å². The summed E-state index contributed by atoms with van der Waals surface area (Å²) in [6, 6.07) is 9.56. The fourth-order valence-electron chi connectivity index (χ4n) is 1.89. The second-order valence-electron chi connectivity index (χ2n) is 4.70. The van der Waals surface area contributed by atoms with Gasteiger partial charge in [0.2, 0.25) is 0 Å². The third-order valence-corrected chi connectivity index (χ3v) is 4.19. The lowest BCUT2D eigenvalue weighted by molar-refractivity contribution is 0.288. The number of halogens is 3. The SMILES string of the molecule is CNC(C)c1ccc(OCc2cccc(F)c2Br)c(F)c1. The molecule has 0 aromatic heterocycles. The Balaban J connectivity index is 2.12. The largest absolute Gasteiger partial charge is 0.486 e. The minimum Gasteiger partial charge on any atom is -0.486 e. The standard InChI is InChI=1S/C16H16BrF2NO/c1-10(20-2)11-6-7-15(14(19)8-11)21-9-12-4-3-5-13(18)16(12)17/h3-8,10,20H,9H2,1-2H3. The minimum absolute atomic E-state index is 0.0610. The van der Waals surface area contributed by atoms with Crippen LogP contribution in [-0.4, -0.2) is 7.05 Å². The predicted octanol–water partition coefficient (Wildman–Crippen LogP) is 4.59. The number of hydrogen-bond acceptors (Lipinski definition) is 2. The van der Waals surface area contributed by atoms with E-state index >= 15 is 0 Å². The second kappa shape index (κ2) is 7.00. The van der Waals surface area contributed by atoms with Gasteiger partial charge in [-0.1, -0.05) is 18.2 Å². The molecule has 0 amide bonds. The summed E-state index contributed by atoms with van der Waals surface area (Å²) < 4.78 is 33.1. The van der Waals surface area contributed by atoms with Crippen LogP contribution in [0.2, 0.25) is 0 Å². The molecule has 21 heavy (non-hydrogen) atoms. The van der Waals surface area contributed by atoms with Gasteiger partial charge in [0.25, 0.3) is 0 Å². The first-order chi connectivity index (χ1) is 10.0. The van der Waals surface area contributed by atoms with Crippen molar-refractivity contribution in [3.63, 3.8) is 0 Å². The molecule has 2 aromatic carbocycles. The van der Waals surface area contributed by atoms with E-state index in [-0.39, 0.29) is 24.2 Å². The van der Waals surface area contributed by atoms with E-state index in [4.69, 9.17) is 4.74 Å². The Labute approximate surface area is 131 Å². The molecule has 1 N–H and O–H groups in total. The van der Waals surface area contributed by atoms with E-state index in [9.17, 15) is 8.78 Å². The molecule has 0 bridgehead atoms. The fraction of sp³-hybridized carbons (Fsp3) is 0.250. The average Bonchev–Trinajstić information content (AvgIpc) is 2.49. The van der Waals surface area contributed by atoms with Crippen molar-refractivity contribution in [3.05, 3.63) is 63.6 Å². The molecule has 0 aliphatic heterocycles. The molecule has 5 heteroatoms. The second-order valence-corrected chi connectivity index (χ2v) is 5.49. The van der Waals surface area contributed by atoms with Gasteiger partial charge in [-0.05, 0) is 53.7 Å². The zero-order chi connectivity index (χ0) is 15.4. The van der Waals surface area contributed by atoms with Gasteiger partial charge in [-0.25, -0.2) is 8.78 Å². The number of benzene rings is 2. The van der Waals surface area contributed by atoms with E-state index in [0.717, 1.165) is 5.56 Å². The summed E-state index contributed by atoms with van der Waals surface area (Å²) in [6.07, 6.45) is 0. The van der Waals surface area contributed by atoms with Crippen LogP contribution in [0.1, 0.15) is 24.1 Å². The summed E-state index contributed by atoms with van der Waals surface area (Å²) in [4.78, 5) is 0. The molecule has 0 saturated heterocycles. The van der Waals surface area contributed by atoms with E-state index in [0.29, 0.717) is 10.0 Å². The first-order valence-corrected chi connectivity index (χ1v) is 7.34. The van der Waals surface area contributed by atoms with Crippen LogP contribution in [0.5, 0.6) is 5.75 Å². The Hall–Kier alpha value is -1.46. The lowest BCUT2D eigenvalue weighted by Gasteiger charge is -2.13. The zero-order valence-corrected chi connectivity index (χ0v) is 13.4. The molecule has 2 rings (SSSR count). The smallest absolute Gasteiger partial charge is 0.165 e. The minimum atomic E-state index is -0.429. The maximum atomic E-state index is 14.0. The molecule has 0 aliphatic rings. The Morgan fingerprint density at radius 3 is 2.62 bits per heavy atom. The molecule has 0 aliphatic carbocycles. The molecule has 0 fully saturated rings. The summed E-state index contributed by atoms with van der Waals surface area (Å²) >= 11 is 3.16. The molecule has 0 radical (unpaired) electrons. The quantitative estimate of drug-likeness (QED) is 0.846. The van der Waals surface area contributed by atoms with Gasteiger partial charge in [0.05, 0.1) is 4.47 Å². The summed E-state index contributed by atoms with van der Waals surface area (Å²) in [7, 11) is 1.81. The fourth-order valence-corrected chi connectivity index (χ4v) is 2.26. The summed E-state index contributed by atoms with van der Waals surface area (Å²) in [5, 5.41) is 3.04. The monoisotopic (exact) mass is 355 g/mol. The highest BCUT2D eigenvalue weighted by molar-refractivity contribution is 9.10. The number of hydrogen-bond donors (Lipinski definition) is 1. The molecule has 112 valence electrons. The van der Waals surface area contributed by atoms with Gasteiger partial charge in [0.1, 0.15) is 12.4 Å². The highest BCUT2D eigenvalue weighted by Gasteiger charge is 2.10. The maximum absolute atomic E-state index is 14.0. The highest BCUT2D eigenvalue weighted by Crippen LogP contribution is 2.25. The van der Waals surface area contributed by atoms with Crippen molar-refractivity contribution in [2.45, 2.75) is 19.6 Å². The predicted molar refractivity (Wildman–Crippen MR) is 82.3 cm³/mol. The molecular weight excluding hydrogens is 340 g/mol. The van der Waals surface area contributed by atoms with Crippen molar-refractivity contribution >= 4 is 15.9 Å². The van der Waals surface area contributed by atoms with E-state index in [1.165, 1.54) is 12.1 Å². The van der Waals surface area contributed by atoms with Crippen molar-refractivity contribution in [2.24, 2.45) is 0 Å². The molecule has 2 aromatic rings. The van der Waals surface area contributed by atoms with Gasteiger partial charge in [-0.15, -0.1) is 0 Å². The van der Waals surface area contributed by atoms with E-state index in [1.807, 2.05) is 14.0 Å². The molecule has 0 spiro atoms. The normalized spacial score (nSPS) is 12.2. The van der Waals surface area contributed by atoms with E-state index < -0.39 is 5.82 Å². The number of nitrogens with one attached hydrogen (secondary N) is 1. The van der Waals surface area contributed by atoms with Gasteiger partial charge >= 0.3 is 0 Å². The van der Waals surface area contributed by atoms with Gasteiger partial charge in [0, 0.05) is 11.6 Å². The van der Waals surface area contributed by atoms with Gasteiger partial charge in [-0.3, -0.25) is 0 Å².